The Kier molecular flexibility index (Phi) is 4.55. The first-order valence-electron chi connectivity index (χ1n) is 7.57. The van der Waals surface area contributed by atoms with E-state index in [1.54, 1.807) is 29.2 Å². The fourth-order valence-electron chi connectivity index (χ4n) is 2.88. The van der Waals surface area contributed by atoms with Crippen molar-refractivity contribution in [3.05, 3.63) is 65.7 Å². The average Bonchev–Trinajstić information content (AvgIpc) is 3.04. The van der Waals surface area contributed by atoms with Gasteiger partial charge in [0.25, 0.3) is 5.91 Å². The number of rotatable bonds is 4. The van der Waals surface area contributed by atoms with Crippen LogP contribution in [0, 0.1) is 11.6 Å². The van der Waals surface area contributed by atoms with Crippen LogP contribution in [0.1, 0.15) is 24.4 Å². The standard InChI is InChI=1S/C18H17F2NO2/c19-14-9-7-13(8-10-14)16-5-3-11-21(16)18(22)12-23-17-6-2-1-4-15(17)20/h1-2,4,6-10,16H,3,5,11-12H2. The second kappa shape index (κ2) is 6.77. The molecule has 1 amide bonds. The minimum atomic E-state index is -0.489. The van der Waals surface area contributed by atoms with Gasteiger partial charge in [-0.2, -0.15) is 0 Å². The van der Waals surface area contributed by atoms with Gasteiger partial charge in [0, 0.05) is 6.54 Å². The van der Waals surface area contributed by atoms with E-state index in [-0.39, 0.29) is 30.1 Å². The van der Waals surface area contributed by atoms with E-state index in [4.69, 9.17) is 4.74 Å². The smallest absolute Gasteiger partial charge is 0.261 e. The molecule has 23 heavy (non-hydrogen) atoms. The maximum atomic E-state index is 13.5. The molecule has 1 saturated heterocycles. The Balaban J connectivity index is 1.66. The van der Waals surface area contributed by atoms with E-state index in [1.165, 1.54) is 24.3 Å². The molecule has 1 atom stereocenters. The van der Waals surface area contributed by atoms with Gasteiger partial charge >= 0.3 is 0 Å². The van der Waals surface area contributed by atoms with Crippen LogP contribution < -0.4 is 4.74 Å². The predicted molar refractivity (Wildman–Crippen MR) is 82.0 cm³/mol. The number of likely N-dealkylation sites (tertiary alicyclic amines) is 1. The molecule has 1 unspecified atom stereocenters. The molecule has 3 rings (SSSR count). The highest BCUT2D eigenvalue weighted by Crippen LogP contribution is 2.32. The molecule has 0 saturated carbocycles. The SMILES string of the molecule is O=C(COc1ccccc1F)N1CCCC1c1ccc(F)cc1. The second-order valence-electron chi connectivity index (χ2n) is 5.52. The number of carbonyl (C=O) groups excluding carboxylic acids is 1. The van der Waals surface area contributed by atoms with Gasteiger partial charge in [-0.05, 0) is 42.7 Å². The molecule has 1 heterocycles. The van der Waals surface area contributed by atoms with Crippen LogP contribution >= 0.6 is 0 Å². The lowest BCUT2D eigenvalue weighted by Crippen LogP contribution is -2.34. The van der Waals surface area contributed by atoms with Gasteiger partial charge in [0.05, 0.1) is 6.04 Å². The molecule has 0 bridgehead atoms. The number of nitrogens with zero attached hydrogens (tertiary/aromatic N) is 1. The molecule has 0 aromatic heterocycles. The lowest BCUT2D eigenvalue weighted by atomic mass is 10.0. The highest BCUT2D eigenvalue weighted by atomic mass is 19.1. The summed E-state index contributed by atoms with van der Waals surface area (Å²) in [5.74, 6) is -0.914. The molecular formula is C18H17F2NO2. The Morgan fingerprint density at radius 2 is 1.87 bits per heavy atom. The lowest BCUT2D eigenvalue weighted by molar-refractivity contribution is -0.134. The monoisotopic (exact) mass is 317 g/mol. The number of amides is 1. The Labute approximate surface area is 133 Å². The van der Waals surface area contributed by atoms with Crippen molar-refractivity contribution in [1.82, 2.24) is 4.90 Å². The fourth-order valence-corrected chi connectivity index (χ4v) is 2.88. The van der Waals surface area contributed by atoms with Crippen LogP contribution in [0.3, 0.4) is 0 Å². The first kappa shape index (κ1) is 15.5. The lowest BCUT2D eigenvalue weighted by Gasteiger charge is -2.25. The molecule has 2 aromatic carbocycles. The third-order valence-corrected chi connectivity index (χ3v) is 4.02. The summed E-state index contributed by atoms with van der Waals surface area (Å²) < 4.78 is 31.8. The molecule has 1 fully saturated rings. The van der Waals surface area contributed by atoms with Gasteiger partial charge in [-0.15, -0.1) is 0 Å². The molecule has 1 aliphatic rings. The molecule has 120 valence electrons. The Morgan fingerprint density at radius 3 is 2.61 bits per heavy atom. The molecule has 3 nitrogen and oxygen atoms in total. The molecule has 5 heteroatoms. The van der Waals surface area contributed by atoms with E-state index in [0.717, 1.165) is 18.4 Å². The van der Waals surface area contributed by atoms with E-state index in [9.17, 15) is 13.6 Å². The van der Waals surface area contributed by atoms with Crippen molar-refractivity contribution in [1.29, 1.82) is 0 Å². The van der Waals surface area contributed by atoms with Crippen LogP contribution in [0.15, 0.2) is 48.5 Å². The Hall–Kier alpha value is -2.43. The van der Waals surface area contributed by atoms with E-state index in [0.29, 0.717) is 6.54 Å². The van der Waals surface area contributed by atoms with Crippen molar-refractivity contribution < 1.29 is 18.3 Å². The summed E-state index contributed by atoms with van der Waals surface area (Å²) in [6.45, 7) is 0.417. The van der Waals surface area contributed by atoms with Gasteiger partial charge in [0.2, 0.25) is 0 Å². The number of hydrogen-bond acceptors (Lipinski definition) is 2. The Bertz CT molecular complexity index is 688. The summed E-state index contributed by atoms with van der Waals surface area (Å²) in [5, 5.41) is 0. The number of carbonyl (C=O) groups is 1. The van der Waals surface area contributed by atoms with Gasteiger partial charge in [0.15, 0.2) is 18.2 Å². The fraction of sp³-hybridized carbons (Fsp3) is 0.278. The van der Waals surface area contributed by atoms with Crippen molar-refractivity contribution in [3.63, 3.8) is 0 Å². The second-order valence-corrected chi connectivity index (χ2v) is 5.52. The van der Waals surface area contributed by atoms with Crippen LogP contribution in [0.25, 0.3) is 0 Å². The average molecular weight is 317 g/mol. The summed E-state index contributed by atoms with van der Waals surface area (Å²) in [5.41, 5.74) is 0.906. The van der Waals surface area contributed by atoms with E-state index in [1.807, 2.05) is 0 Å². The van der Waals surface area contributed by atoms with E-state index < -0.39 is 5.82 Å². The van der Waals surface area contributed by atoms with Crippen LogP contribution in [0.4, 0.5) is 8.78 Å². The largest absolute Gasteiger partial charge is 0.481 e. The van der Waals surface area contributed by atoms with Gasteiger partial charge in [-0.1, -0.05) is 24.3 Å². The molecule has 2 aromatic rings. The van der Waals surface area contributed by atoms with E-state index >= 15 is 0 Å². The normalized spacial score (nSPS) is 17.3. The van der Waals surface area contributed by atoms with Crippen LogP contribution in [-0.2, 0) is 4.79 Å². The summed E-state index contributed by atoms with van der Waals surface area (Å²) in [7, 11) is 0. The van der Waals surface area contributed by atoms with Crippen LogP contribution in [-0.4, -0.2) is 24.0 Å². The highest BCUT2D eigenvalue weighted by Gasteiger charge is 2.30. The summed E-state index contributed by atoms with van der Waals surface area (Å²) in [6.07, 6.45) is 1.71. The zero-order valence-electron chi connectivity index (χ0n) is 12.5. The van der Waals surface area contributed by atoms with Gasteiger partial charge in [-0.3, -0.25) is 4.79 Å². The van der Waals surface area contributed by atoms with Crippen molar-refractivity contribution in [2.45, 2.75) is 18.9 Å². The number of para-hydroxylation sites is 1. The third-order valence-electron chi connectivity index (χ3n) is 4.02. The van der Waals surface area contributed by atoms with Crippen molar-refractivity contribution in [2.24, 2.45) is 0 Å². The van der Waals surface area contributed by atoms with Crippen molar-refractivity contribution in [2.75, 3.05) is 13.2 Å². The molecule has 0 N–H and O–H groups in total. The molecular weight excluding hydrogens is 300 g/mol. The van der Waals surface area contributed by atoms with Crippen LogP contribution in [0.2, 0.25) is 0 Å². The highest BCUT2D eigenvalue weighted by molar-refractivity contribution is 5.78. The maximum absolute atomic E-state index is 13.5. The summed E-state index contributed by atoms with van der Waals surface area (Å²) in [6, 6.07) is 12.1. The first-order valence-corrected chi connectivity index (χ1v) is 7.57. The number of hydrogen-bond donors (Lipinski definition) is 0. The minimum absolute atomic E-state index is 0.0679. The van der Waals surface area contributed by atoms with Crippen LogP contribution in [0.5, 0.6) is 5.75 Å². The quantitative estimate of drug-likeness (QED) is 0.860. The molecule has 0 spiro atoms. The van der Waals surface area contributed by atoms with Gasteiger partial charge in [0.1, 0.15) is 5.82 Å². The Morgan fingerprint density at radius 1 is 1.13 bits per heavy atom. The minimum Gasteiger partial charge on any atom is -0.481 e. The zero-order chi connectivity index (χ0) is 16.2. The van der Waals surface area contributed by atoms with Crippen molar-refractivity contribution in [3.8, 4) is 5.75 Å². The summed E-state index contributed by atoms with van der Waals surface area (Å²) in [4.78, 5) is 14.1. The molecule has 0 aliphatic carbocycles. The number of ether oxygens (including phenoxy) is 1. The maximum Gasteiger partial charge on any atom is 0.261 e. The predicted octanol–water partition coefficient (Wildman–Crippen LogP) is 3.71. The first-order chi connectivity index (χ1) is 11.1. The number of benzene rings is 2. The topological polar surface area (TPSA) is 29.5 Å². The van der Waals surface area contributed by atoms with Crippen molar-refractivity contribution >= 4 is 5.91 Å². The van der Waals surface area contributed by atoms with Gasteiger partial charge in [-0.25, -0.2) is 8.78 Å². The van der Waals surface area contributed by atoms with Gasteiger partial charge < -0.3 is 9.64 Å². The number of halogens is 2. The zero-order valence-corrected chi connectivity index (χ0v) is 12.5. The molecule has 0 radical (unpaired) electrons. The summed E-state index contributed by atoms with van der Waals surface area (Å²) >= 11 is 0. The molecule has 1 aliphatic heterocycles. The van der Waals surface area contributed by atoms with E-state index in [2.05, 4.69) is 0 Å². The third kappa shape index (κ3) is 3.50.